The van der Waals surface area contributed by atoms with Crippen molar-refractivity contribution < 1.29 is 14.3 Å². The Hall–Kier alpha value is -3.12. The Kier molecular flexibility index (Phi) is 6.67. The van der Waals surface area contributed by atoms with E-state index in [0.29, 0.717) is 31.1 Å². The number of amides is 1. The van der Waals surface area contributed by atoms with Crippen LogP contribution in [0, 0.1) is 0 Å². The van der Waals surface area contributed by atoms with Gasteiger partial charge in [-0.3, -0.25) is 4.79 Å². The molecule has 0 fully saturated rings. The van der Waals surface area contributed by atoms with Crippen LogP contribution < -0.4 is 19.7 Å². The summed E-state index contributed by atoms with van der Waals surface area (Å²) in [5.41, 5.74) is 3.65. The molecule has 3 aromatic rings. The van der Waals surface area contributed by atoms with Gasteiger partial charge in [-0.2, -0.15) is 0 Å². The molecule has 160 valence electrons. The van der Waals surface area contributed by atoms with E-state index < -0.39 is 0 Å². The maximum absolute atomic E-state index is 12.7. The molecule has 0 spiro atoms. The number of nitrogens with zero attached hydrogens (tertiary/aromatic N) is 1. The van der Waals surface area contributed by atoms with E-state index in [0.717, 1.165) is 29.2 Å². The topological polar surface area (TPSA) is 50.8 Å². The van der Waals surface area contributed by atoms with Gasteiger partial charge in [0.05, 0.1) is 18.8 Å². The molecule has 0 radical (unpaired) electrons. The largest absolute Gasteiger partial charge is 0.494 e. The number of benzene rings is 3. The van der Waals surface area contributed by atoms with E-state index in [1.54, 1.807) is 11.8 Å². The van der Waals surface area contributed by atoms with Gasteiger partial charge in [-0.05, 0) is 61.2 Å². The molecule has 3 aromatic carbocycles. The molecule has 5 nitrogen and oxygen atoms in total. The van der Waals surface area contributed by atoms with Crippen LogP contribution in [0.1, 0.15) is 22.8 Å². The van der Waals surface area contributed by atoms with Crippen LogP contribution in [-0.4, -0.2) is 31.9 Å². The average molecular weight is 435 g/mol. The highest BCUT2D eigenvalue weighted by molar-refractivity contribution is 7.98. The van der Waals surface area contributed by atoms with Crippen LogP contribution in [-0.2, 0) is 6.54 Å². The number of carbonyl (C=O) groups is 1. The van der Waals surface area contributed by atoms with Crippen molar-refractivity contribution >= 4 is 29.0 Å². The molecule has 0 saturated carbocycles. The van der Waals surface area contributed by atoms with Gasteiger partial charge in [0.2, 0.25) is 0 Å². The molecule has 0 unspecified atom stereocenters. The van der Waals surface area contributed by atoms with Crippen LogP contribution in [0.25, 0.3) is 0 Å². The predicted molar refractivity (Wildman–Crippen MR) is 126 cm³/mol. The Bertz CT molecular complexity index is 1050. The quantitative estimate of drug-likeness (QED) is 0.514. The summed E-state index contributed by atoms with van der Waals surface area (Å²) in [6.07, 6.45) is 2.05. The molecule has 1 aliphatic heterocycles. The van der Waals surface area contributed by atoms with Gasteiger partial charge in [0, 0.05) is 28.8 Å². The molecule has 0 atom stereocenters. The van der Waals surface area contributed by atoms with E-state index in [-0.39, 0.29) is 5.91 Å². The fourth-order valence-corrected chi connectivity index (χ4v) is 3.97. The Labute approximate surface area is 187 Å². The molecule has 0 aromatic heterocycles. The number of ether oxygens (including phenoxy) is 2. The average Bonchev–Trinajstić information content (AvgIpc) is 2.82. The first kappa shape index (κ1) is 21.1. The Morgan fingerprint density at radius 1 is 1.13 bits per heavy atom. The summed E-state index contributed by atoms with van der Waals surface area (Å²) < 4.78 is 11.5. The van der Waals surface area contributed by atoms with Gasteiger partial charge < -0.3 is 19.7 Å². The van der Waals surface area contributed by atoms with E-state index in [2.05, 4.69) is 28.4 Å². The predicted octanol–water partition coefficient (Wildman–Crippen LogP) is 5.27. The zero-order valence-corrected chi connectivity index (χ0v) is 18.6. The van der Waals surface area contributed by atoms with Gasteiger partial charge >= 0.3 is 0 Å². The molecule has 4 rings (SSSR count). The molecular formula is C25H26N2O3S. The minimum atomic E-state index is -0.115. The lowest BCUT2D eigenvalue weighted by Crippen LogP contribution is -2.29. The van der Waals surface area contributed by atoms with Crippen LogP contribution >= 0.6 is 11.8 Å². The first-order valence-corrected chi connectivity index (χ1v) is 11.6. The number of thioether (sulfide) groups is 1. The fraction of sp³-hybridized carbons (Fsp3) is 0.240. The van der Waals surface area contributed by atoms with Crippen molar-refractivity contribution in [3.8, 4) is 11.5 Å². The Morgan fingerprint density at radius 3 is 2.74 bits per heavy atom. The number of anilines is 2. The molecule has 1 heterocycles. The standard InChI is InChI=1S/C25H26N2O3S/c1-3-29-21-6-4-5-20(16-21)27-13-14-30-24-15-19(9-12-23(24)27)25(28)26-17-18-7-10-22(31-2)11-8-18/h4-12,15-16H,3,13-14,17H2,1-2H3,(H,26,28). The minimum Gasteiger partial charge on any atom is -0.494 e. The second-order valence-corrected chi connectivity index (χ2v) is 8.02. The molecule has 6 heteroatoms. The normalized spacial score (nSPS) is 12.6. The van der Waals surface area contributed by atoms with Crippen molar-refractivity contribution in [3.05, 3.63) is 77.9 Å². The first-order chi connectivity index (χ1) is 15.2. The highest BCUT2D eigenvalue weighted by atomic mass is 32.2. The van der Waals surface area contributed by atoms with Gasteiger partial charge in [-0.25, -0.2) is 0 Å². The van der Waals surface area contributed by atoms with Gasteiger partial charge in [0.15, 0.2) is 0 Å². The van der Waals surface area contributed by atoms with Crippen molar-refractivity contribution in [1.82, 2.24) is 5.32 Å². The van der Waals surface area contributed by atoms with Crippen LogP contribution in [0.3, 0.4) is 0 Å². The van der Waals surface area contributed by atoms with Crippen LogP contribution in [0.5, 0.6) is 11.5 Å². The third-order valence-corrected chi connectivity index (χ3v) is 5.88. The zero-order chi connectivity index (χ0) is 21.6. The summed E-state index contributed by atoms with van der Waals surface area (Å²) in [5.74, 6) is 1.44. The van der Waals surface area contributed by atoms with Crippen molar-refractivity contribution in [3.63, 3.8) is 0 Å². The smallest absolute Gasteiger partial charge is 0.251 e. The maximum Gasteiger partial charge on any atom is 0.251 e. The molecule has 0 saturated heterocycles. The van der Waals surface area contributed by atoms with Gasteiger partial charge in [0.25, 0.3) is 5.91 Å². The molecular weight excluding hydrogens is 408 g/mol. The number of hydrogen-bond donors (Lipinski definition) is 1. The van der Waals surface area contributed by atoms with Gasteiger partial charge in [0.1, 0.15) is 18.1 Å². The number of carbonyl (C=O) groups excluding carboxylic acids is 1. The van der Waals surface area contributed by atoms with Crippen LogP contribution in [0.4, 0.5) is 11.4 Å². The second kappa shape index (κ2) is 9.79. The molecule has 1 aliphatic rings. The SMILES string of the molecule is CCOc1cccc(N2CCOc3cc(C(=O)NCc4ccc(SC)cc4)ccc32)c1. The summed E-state index contributed by atoms with van der Waals surface area (Å²) in [4.78, 5) is 16.1. The van der Waals surface area contributed by atoms with E-state index >= 15 is 0 Å². The lowest BCUT2D eigenvalue weighted by molar-refractivity contribution is 0.0950. The lowest BCUT2D eigenvalue weighted by atomic mass is 10.1. The third kappa shape index (κ3) is 4.97. The van der Waals surface area contributed by atoms with Crippen LogP contribution in [0.2, 0.25) is 0 Å². The molecule has 0 aliphatic carbocycles. The van der Waals surface area contributed by atoms with Gasteiger partial charge in [-0.15, -0.1) is 11.8 Å². The third-order valence-electron chi connectivity index (χ3n) is 5.14. The van der Waals surface area contributed by atoms with Crippen LogP contribution in [0.15, 0.2) is 71.6 Å². The fourth-order valence-electron chi connectivity index (χ4n) is 3.57. The Morgan fingerprint density at radius 2 is 1.97 bits per heavy atom. The summed E-state index contributed by atoms with van der Waals surface area (Å²) in [6.45, 7) is 4.38. The summed E-state index contributed by atoms with van der Waals surface area (Å²) >= 11 is 1.70. The monoisotopic (exact) mass is 434 g/mol. The lowest BCUT2D eigenvalue weighted by Gasteiger charge is -2.31. The molecule has 31 heavy (non-hydrogen) atoms. The number of rotatable bonds is 7. The van der Waals surface area contributed by atoms with Crippen molar-refractivity contribution in [2.75, 3.05) is 30.9 Å². The van der Waals surface area contributed by atoms with E-state index in [4.69, 9.17) is 9.47 Å². The summed E-state index contributed by atoms with van der Waals surface area (Å²) in [6, 6.07) is 21.8. The number of fused-ring (bicyclic) bond motifs is 1. The summed E-state index contributed by atoms with van der Waals surface area (Å²) in [7, 11) is 0. The molecule has 1 amide bonds. The second-order valence-electron chi connectivity index (χ2n) is 7.14. The van der Waals surface area contributed by atoms with E-state index in [1.165, 1.54) is 4.90 Å². The number of hydrogen-bond acceptors (Lipinski definition) is 5. The Balaban J connectivity index is 1.48. The zero-order valence-electron chi connectivity index (χ0n) is 17.8. The van der Waals surface area contributed by atoms with E-state index in [1.807, 2.05) is 61.7 Å². The first-order valence-electron chi connectivity index (χ1n) is 10.4. The number of nitrogens with one attached hydrogen (secondary N) is 1. The molecule has 0 bridgehead atoms. The van der Waals surface area contributed by atoms with E-state index in [9.17, 15) is 4.79 Å². The summed E-state index contributed by atoms with van der Waals surface area (Å²) in [5, 5.41) is 2.99. The van der Waals surface area contributed by atoms with Crippen molar-refractivity contribution in [2.45, 2.75) is 18.4 Å². The van der Waals surface area contributed by atoms with Crippen molar-refractivity contribution in [1.29, 1.82) is 0 Å². The highest BCUT2D eigenvalue weighted by Crippen LogP contribution is 2.38. The van der Waals surface area contributed by atoms with Gasteiger partial charge in [-0.1, -0.05) is 18.2 Å². The molecule has 1 N–H and O–H groups in total. The van der Waals surface area contributed by atoms with Crippen molar-refractivity contribution in [2.24, 2.45) is 0 Å². The minimum absolute atomic E-state index is 0.115. The highest BCUT2D eigenvalue weighted by Gasteiger charge is 2.21. The maximum atomic E-state index is 12.7.